The number of nitrogens with one attached hydrogen (secondary N) is 1. The number of carbonyl (C=O) groups excluding carboxylic acids is 2. The molecule has 2 unspecified atom stereocenters. The average molecular weight is 689 g/mol. The molecule has 1 aliphatic heterocycles. The second-order valence-corrected chi connectivity index (χ2v) is 12.7. The van der Waals surface area contributed by atoms with E-state index in [-0.39, 0.29) is 30.9 Å². The Kier molecular flexibility index (Phi) is 9.86. The second kappa shape index (κ2) is 13.7. The number of halogens is 3. The molecule has 5 rings (SSSR count). The molecular weight excluding hydrogens is 654 g/mol. The number of hydrogen-bond acceptors (Lipinski definition) is 11. The van der Waals surface area contributed by atoms with Crippen LogP contribution in [0.1, 0.15) is 39.2 Å². The molecule has 4 aromatic rings. The number of alkyl halides is 2. The van der Waals surface area contributed by atoms with E-state index in [1.54, 1.807) is 60.7 Å². The maximum Gasteiger partial charge on any atom is 0.411 e. The molecule has 256 valence electrons. The first-order valence-corrected chi connectivity index (χ1v) is 15.3. The number of nitrogens with zero attached hydrogens (tertiary/aromatic N) is 6. The molecule has 1 saturated heterocycles. The fraction of sp³-hybridized carbons (Fsp3) is 0.419. The van der Waals surface area contributed by atoms with Crippen molar-refractivity contribution in [2.75, 3.05) is 25.1 Å². The van der Waals surface area contributed by atoms with Crippen LogP contribution in [0.15, 0.2) is 43.1 Å². The summed E-state index contributed by atoms with van der Waals surface area (Å²) < 4.78 is 45.6. The molecule has 0 aliphatic carbocycles. The van der Waals surface area contributed by atoms with Gasteiger partial charge in [-0.3, -0.25) is 4.98 Å². The zero-order chi connectivity index (χ0) is 34.8. The van der Waals surface area contributed by atoms with Crippen molar-refractivity contribution in [1.82, 2.24) is 29.8 Å². The number of aliphatic hydroxyl groups is 1. The van der Waals surface area contributed by atoms with Gasteiger partial charge in [0.1, 0.15) is 23.8 Å². The third-order valence-electron chi connectivity index (χ3n) is 7.74. The first-order chi connectivity index (χ1) is 22.7. The van der Waals surface area contributed by atoms with Crippen LogP contribution in [0.5, 0.6) is 11.6 Å². The van der Waals surface area contributed by atoms with Crippen molar-refractivity contribution in [3.63, 3.8) is 0 Å². The first kappa shape index (κ1) is 34.5. The fourth-order valence-electron chi connectivity index (χ4n) is 5.66. The largest absolute Gasteiger partial charge is 0.497 e. The van der Waals surface area contributed by atoms with Crippen molar-refractivity contribution < 1.29 is 37.7 Å². The molecule has 0 spiro atoms. The van der Waals surface area contributed by atoms with Gasteiger partial charge in [0.25, 0.3) is 12.3 Å². The third kappa shape index (κ3) is 7.49. The molecule has 14 nitrogen and oxygen atoms in total. The number of imidazole rings is 1. The van der Waals surface area contributed by atoms with Gasteiger partial charge < -0.3 is 39.8 Å². The highest BCUT2D eigenvalue weighted by molar-refractivity contribution is 6.33. The Morgan fingerprint density at radius 3 is 2.62 bits per heavy atom. The van der Waals surface area contributed by atoms with Crippen molar-refractivity contribution in [2.45, 2.75) is 63.8 Å². The standard InChI is InChI=1S/C31H35ClF2N8O6/c1-30(2,3)48-29(45)40-31(24(43)25(33)34)8-5-9-41(14-31)22-12-36-21(19-7-6-18(46-4)11-20(19)32)10-17(22)13-42-16-39-23-26(42)37-15-38-27(23)47-28(35)44/h6-7,10-12,15-16,24-25,43H,5,8-9,13-14H2,1-4H3,(H2,35,44)(H,40,45). The van der Waals surface area contributed by atoms with Gasteiger partial charge >= 0.3 is 12.2 Å². The number of rotatable bonds is 9. The van der Waals surface area contributed by atoms with Crippen LogP contribution >= 0.6 is 11.6 Å². The highest BCUT2D eigenvalue weighted by atomic mass is 35.5. The maximum absolute atomic E-state index is 14.1. The molecule has 3 aromatic heterocycles. The van der Waals surface area contributed by atoms with E-state index in [4.69, 9.17) is 31.5 Å². The van der Waals surface area contributed by atoms with Gasteiger partial charge in [-0.25, -0.2) is 28.3 Å². The van der Waals surface area contributed by atoms with Crippen molar-refractivity contribution in [2.24, 2.45) is 5.73 Å². The monoisotopic (exact) mass is 688 g/mol. The Morgan fingerprint density at radius 1 is 1.19 bits per heavy atom. The number of pyridine rings is 1. The van der Waals surface area contributed by atoms with E-state index >= 15 is 0 Å². The minimum Gasteiger partial charge on any atom is -0.497 e. The number of alkyl carbamates (subject to hydrolysis) is 1. The molecular formula is C31H35ClF2N8O6. The van der Waals surface area contributed by atoms with E-state index in [9.17, 15) is 23.5 Å². The van der Waals surface area contributed by atoms with Crippen molar-refractivity contribution in [3.05, 3.63) is 53.7 Å². The Labute approximate surface area is 279 Å². The van der Waals surface area contributed by atoms with Crippen LogP contribution in [0.2, 0.25) is 5.02 Å². The molecule has 0 bridgehead atoms. The summed E-state index contributed by atoms with van der Waals surface area (Å²) in [7, 11) is 1.52. The number of primary amides is 1. The summed E-state index contributed by atoms with van der Waals surface area (Å²) in [5.74, 6) is 0.431. The second-order valence-electron chi connectivity index (χ2n) is 12.3. The van der Waals surface area contributed by atoms with Gasteiger partial charge in [-0.15, -0.1) is 0 Å². The summed E-state index contributed by atoms with van der Waals surface area (Å²) in [6, 6.07) is 6.94. The zero-order valence-corrected chi connectivity index (χ0v) is 27.4. The normalized spacial score (nSPS) is 17.3. The van der Waals surface area contributed by atoms with Gasteiger partial charge in [0.05, 0.1) is 48.1 Å². The number of anilines is 1. The SMILES string of the molecule is COc1ccc(-c2cc(Cn3cnc4c(OC(N)=O)ncnc43)c(N3CCCC(NC(=O)OC(C)(C)C)(C(O)C(F)F)C3)cn2)c(Cl)c1. The Bertz CT molecular complexity index is 1820. The third-order valence-corrected chi connectivity index (χ3v) is 8.06. The first-order valence-electron chi connectivity index (χ1n) is 14.9. The van der Waals surface area contributed by atoms with Gasteiger partial charge in [0, 0.05) is 18.7 Å². The van der Waals surface area contributed by atoms with Crippen molar-refractivity contribution in [1.29, 1.82) is 0 Å². The number of benzene rings is 1. The number of ether oxygens (including phenoxy) is 3. The summed E-state index contributed by atoms with van der Waals surface area (Å²) in [5.41, 5.74) is 5.32. The number of amides is 2. The fourth-order valence-corrected chi connectivity index (χ4v) is 5.93. The summed E-state index contributed by atoms with van der Waals surface area (Å²) in [5, 5.41) is 13.8. The van der Waals surface area contributed by atoms with Crippen LogP contribution in [-0.2, 0) is 11.3 Å². The maximum atomic E-state index is 14.1. The summed E-state index contributed by atoms with van der Waals surface area (Å²) >= 11 is 6.59. The molecule has 1 fully saturated rings. The highest BCUT2D eigenvalue weighted by Gasteiger charge is 2.48. The van der Waals surface area contributed by atoms with Gasteiger partial charge in [0.2, 0.25) is 0 Å². The number of aromatic nitrogens is 5. The van der Waals surface area contributed by atoms with Gasteiger partial charge in [-0.2, -0.15) is 4.98 Å². The van der Waals surface area contributed by atoms with Crippen LogP contribution in [0.25, 0.3) is 22.4 Å². The number of methoxy groups -OCH3 is 1. The van der Waals surface area contributed by atoms with E-state index in [2.05, 4.69) is 25.3 Å². The number of nitrogens with two attached hydrogens (primary N) is 1. The smallest absolute Gasteiger partial charge is 0.411 e. The van der Waals surface area contributed by atoms with Gasteiger partial charge in [-0.1, -0.05) is 11.6 Å². The lowest BCUT2D eigenvalue weighted by atomic mass is 9.83. The quantitative estimate of drug-likeness (QED) is 0.225. The van der Waals surface area contributed by atoms with E-state index in [1.165, 1.54) is 19.8 Å². The topological polar surface area (TPSA) is 180 Å². The molecule has 17 heteroatoms. The molecule has 0 saturated carbocycles. The molecule has 4 heterocycles. The van der Waals surface area contributed by atoms with Crippen LogP contribution < -0.4 is 25.4 Å². The van der Waals surface area contributed by atoms with E-state index in [0.717, 1.165) is 0 Å². The lowest BCUT2D eigenvalue weighted by Gasteiger charge is -2.46. The van der Waals surface area contributed by atoms with Gasteiger partial charge in [-0.05, 0) is 63.4 Å². The van der Waals surface area contributed by atoms with Crippen molar-refractivity contribution in [3.8, 4) is 22.9 Å². The number of aliphatic hydroxyl groups excluding tert-OH is 1. The molecule has 48 heavy (non-hydrogen) atoms. The van der Waals surface area contributed by atoms with Crippen LogP contribution in [-0.4, -0.2) is 85.7 Å². The molecule has 1 aliphatic rings. The van der Waals surface area contributed by atoms with Crippen LogP contribution in [0.4, 0.5) is 24.1 Å². The molecule has 4 N–H and O–H groups in total. The molecule has 2 atom stereocenters. The van der Waals surface area contributed by atoms with E-state index in [0.29, 0.717) is 51.9 Å². The number of fused-ring (bicyclic) bond motifs is 1. The van der Waals surface area contributed by atoms with E-state index in [1.807, 2.05) is 0 Å². The minimum absolute atomic E-state index is 0.0717. The van der Waals surface area contributed by atoms with E-state index < -0.39 is 35.9 Å². The number of hydrogen-bond donors (Lipinski definition) is 3. The summed E-state index contributed by atoms with van der Waals surface area (Å²) in [6.07, 6.45) is -2.66. The Balaban J connectivity index is 1.58. The summed E-state index contributed by atoms with van der Waals surface area (Å²) in [4.78, 5) is 43.3. The number of carbonyl (C=O) groups is 2. The lowest BCUT2D eigenvalue weighted by molar-refractivity contribution is -0.0664. The molecule has 0 radical (unpaired) electrons. The Morgan fingerprint density at radius 2 is 1.96 bits per heavy atom. The predicted octanol–water partition coefficient (Wildman–Crippen LogP) is 4.55. The Hall–Kier alpha value is -4.83. The zero-order valence-electron chi connectivity index (χ0n) is 26.6. The van der Waals surface area contributed by atoms with Crippen molar-refractivity contribution >= 4 is 40.6 Å². The lowest BCUT2D eigenvalue weighted by Crippen LogP contribution is -2.67. The minimum atomic E-state index is -3.15. The summed E-state index contributed by atoms with van der Waals surface area (Å²) in [6.45, 7) is 5.30. The predicted molar refractivity (Wildman–Crippen MR) is 171 cm³/mol. The number of piperidine rings is 1. The molecule has 2 amide bonds. The highest BCUT2D eigenvalue weighted by Crippen LogP contribution is 2.36. The average Bonchev–Trinajstić information content (AvgIpc) is 3.43. The van der Waals surface area contributed by atoms with Gasteiger partial charge in [0.15, 0.2) is 11.2 Å². The van der Waals surface area contributed by atoms with Crippen LogP contribution in [0.3, 0.4) is 0 Å². The van der Waals surface area contributed by atoms with Crippen LogP contribution in [0, 0.1) is 0 Å². The molecule has 1 aromatic carbocycles.